The quantitative estimate of drug-likeness (QED) is 0.495. The fourth-order valence-corrected chi connectivity index (χ4v) is 2.43. The van der Waals surface area contributed by atoms with Crippen LogP contribution < -0.4 is 4.80 Å². The van der Waals surface area contributed by atoms with Crippen molar-refractivity contribution in [2.24, 2.45) is 12.0 Å². The SMILES string of the molecule is Cn1ccsc1=NC(=O)/C=C/c1ccc(Cl)c([N+](=O)[O-])c1. The van der Waals surface area contributed by atoms with Gasteiger partial charge in [0, 0.05) is 30.8 Å². The Morgan fingerprint density at radius 1 is 1.52 bits per heavy atom. The van der Waals surface area contributed by atoms with E-state index in [1.54, 1.807) is 23.9 Å². The second-order valence-corrected chi connectivity index (χ2v) is 5.33. The van der Waals surface area contributed by atoms with Crippen LogP contribution in [0.1, 0.15) is 5.56 Å². The summed E-state index contributed by atoms with van der Waals surface area (Å²) in [5.74, 6) is -0.439. The molecule has 0 spiro atoms. The van der Waals surface area contributed by atoms with Gasteiger partial charge in [0.1, 0.15) is 5.02 Å². The summed E-state index contributed by atoms with van der Waals surface area (Å²) in [6, 6.07) is 4.31. The minimum atomic E-state index is -0.572. The third-order valence-electron chi connectivity index (χ3n) is 2.55. The van der Waals surface area contributed by atoms with Crippen molar-refractivity contribution >= 4 is 40.6 Å². The van der Waals surface area contributed by atoms with E-state index in [-0.39, 0.29) is 10.7 Å². The standard InChI is InChI=1S/C13H10ClN3O3S/c1-16-6-7-21-13(16)15-12(18)5-3-9-2-4-10(14)11(8-9)17(19)20/h2-8H,1H3/b5-3+,15-13?. The van der Waals surface area contributed by atoms with Gasteiger partial charge in [0.05, 0.1) is 4.92 Å². The molecule has 0 bridgehead atoms. The third kappa shape index (κ3) is 3.87. The van der Waals surface area contributed by atoms with E-state index < -0.39 is 10.8 Å². The Labute approximate surface area is 128 Å². The Bertz CT molecular complexity index is 792. The molecule has 0 fully saturated rings. The van der Waals surface area contributed by atoms with E-state index in [0.717, 1.165) is 0 Å². The summed E-state index contributed by atoms with van der Waals surface area (Å²) in [6.45, 7) is 0. The molecule has 0 saturated carbocycles. The lowest BCUT2D eigenvalue weighted by Crippen LogP contribution is -2.11. The van der Waals surface area contributed by atoms with Crippen molar-refractivity contribution in [2.75, 3.05) is 0 Å². The molecule has 2 aromatic rings. The largest absolute Gasteiger partial charge is 0.327 e. The molecule has 0 aliphatic heterocycles. The molecule has 0 saturated heterocycles. The smallest absolute Gasteiger partial charge is 0.288 e. The fourth-order valence-electron chi connectivity index (χ4n) is 1.51. The summed E-state index contributed by atoms with van der Waals surface area (Å²) in [6.07, 6.45) is 4.51. The zero-order chi connectivity index (χ0) is 15.4. The van der Waals surface area contributed by atoms with Crippen LogP contribution >= 0.6 is 22.9 Å². The number of benzene rings is 1. The normalized spacial score (nSPS) is 12.0. The van der Waals surface area contributed by atoms with E-state index in [1.165, 1.54) is 35.6 Å². The summed E-state index contributed by atoms with van der Waals surface area (Å²) in [5, 5.41) is 12.6. The van der Waals surface area contributed by atoms with Gasteiger partial charge in [-0.15, -0.1) is 11.3 Å². The number of nitro benzene ring substituents is 1. The molecule has 108 valence electrons. The molecule has 0 unspecified atom stereocenters. The van der Waals surface area contributed by atoms with Gasteiger partial charge in [-0.1, -0.05) is 17.7 Å². The van der Waals surface area contributed by atoms with Crippen LogP contribution in [0.4, 0.5) is 5.69 Å². The number of thiazole rings is 1. The number of halogens is 1. The molecule has 1 amide bonds. The first-order chi connectivity index (χ1) is 9.97. The topological polar surface area (TPSA) is 77.5 Å². The van der Waals surface area contributed by atoms with Crippen molar-refractivity contribution in [3.8, 4) is 0 Å². The zero-order valence-corrected chi connectivity index (χ0v) is 12.5. The van der Waals surface area contributed by atoms with Crippen LogP contribution in [-0.4, -0.2) is 15.4 Å². The molecule has 8 heteroatoms. The van der Waals surface area contributed by atoms with E-state index in [2.05, 4.69) is 4.99 Å². The van der Waals surface area contributed by atoms with Crippen molar-refractivity contribution < 1.29 is 9.72 Å². The summed E-state index contributed by atoms with van der Waals surface area (Å²) >= 11 is 7.06. The number of hydrogen-bond donors (Lipinski definition) is 0. The van der Waals surface area contributed by atoms with Gasteiger partial charge < -0.3 is 4.57 Å². The van der Waals surface area contributed by atoms with Crippen LogP contribution in [0.5, 0.6) is 0 Å². The average Bonchev–Trinajstić information content (AvgIpc) is 2.83. The number of hydrogen-bond acceptors (Lipinski definition) is 4. The molecule has 0 atom stereocenters. The minimum Gasteiger partial charge on any atom is -0.327 e. The fraction of sp³-hybridized carbons (Fsp3) is 0.0769. The van der Waals surface area contributed by atoms with Crippen molar-refractivity contribution in [3.63, 3.8) is 0 Å². The molecule has 6 nitrogen and oxygen atoms in total. The predicted octanol–water partition coefficient (Wildman–Crippen LogP) is 2.79. The number of carbonyl (C=O) groups excluding carboxylic acids is 1. The molecule has 2 rings (SSSR count). The van der Waals surface area contributed by atoms with Gasteiger partial charge >= 0.3 is 0 Å². The molecule has 1 aromatic heterocycles. The van der Waals surface area contributed by atoms with Gasteiger partial charge in [-0.3, -0.25) is 14.9 Å². The summed E-state index contributed by atoms with van der Waals surface area (Å²) in [4.78, 5) is 26.4. The maximum absolute atomic E-state index is 11.7. The predicted molar refractivity (Wildman–Crippen MR) is 81.0 cm³/mol. The van der Waals surface area contributed by atoms with Crippen molar-refractivity contribution in [2.45, 2.75) is 0 Å². The van der Waals surface area contributed by atoms with E-state index in [9.17, 15) is 14.9 Å². The van der Waals surface area contributed by atoms with Gasteiger partial charge in [0.25, 0.3) is 11.6 Å². The van der Waals surface area contributed by atoms with E-state index in [1.807, 2.05) is 5.38 Å². The number of amides is 1. The molecule has 1 aromatic carbocycles. The van der Waals surface area contributed by atoms with E-state index >= 15 is 0 Å². The molecular weight excluding hydrogens is 314 g/mol. The molecule has 1 heterocycles. The lowest BCUT2D eigenvalue weighted by Gasteiger charge is -1.96. The van der Waals surface area contributed by atoms with Gasteiger partial charge in [0.2, 0.25) is 0 Å². The Balaban J connectivity index is 2.22. The second kappa shape index (κ2) is 6.47. The molecule has 0 aliphatic rings. The summed E-state index contributed by atoms with van der Waals surface area (Å²) in [5.41, 5.74) is 0.304. The first-order valence-corrected chi connectivity index (χ1v) is 7.04. The molecule has 21 heavy (non-hydrogen) atoms. The van der Waals surface area contributed by atoms with Crippen LogP contribution in [0.3, 0.4) is 0 Å². The first kappa shape index (κ1) is 15.1. The van der Waals surface area contributed by atoms with Crippen molar-refractivity contribution in [1.29, 1.82) is 0 Å². The number of aromatic nitrogens is 1. The molecule has 0 radical (unpaired) electrons. The average molecular weight is 324 g/mol. The highest BCUT2D eigenvalue weighted by molar-refractivity contribution is 7.07. The maximum Gasteiger partial charge on any atom is 0.288 e. The minimum absolute atomic E-state index is 0.0544. The van der Waals surface area contributed by atoms with Crippen LogP contribution in [0, 0.1) is 10.1 Å². The van der Waals surface area contributed by atoms with Gasteiger partial charge in [-0.2, -0.15) is 4.99 Å². The summed E-state index contributed by atoms with van der Waals surface area (Å²) in [7, 11) is 1.79. The highest BCUT2D eigenvalue weighted by atomic mass is 35.5. The number of aryl methyl sites for hydroxylation is 1. The van der Waals surface area contributed by atoms with Crippen LogP contribution in [0.15, 0.2) is 40.8 Å². The monoisotopic (exact) mass is 323 g/mol. The zero-order valence-electron chi connectivity index (χ0n) is 10.9. The van der Waals surface area contributed by atoms with Crippen LogP contribution in [0.25, 0.3) is 6.08 Å². The van der Waals surface area contributed by atoms with E-state index in [0.29, 0.717) is 10.4 Å². The molecule has 0 aliphatic carbocycles. The Hall–Kier alpha value is -2.25. The number of carbonyl (C=O) groups is 1. The molecule has 0 N–H and O–H groups in total. The van der Waals surface area contributed by atoms with Gasteiger partial charge in [-0.25, -0.2) is 0 Å². The highest BCUT2D eigenvalue weighted by Gasteiger charge is 2.11. The number of nitrogens with zero attached hydrogens (tertiary/aromatic N) is 3. The lowest BCUT2D eigenvalue weighted by atomic mass is 10.2. The Kier molecular flexibility index (Phi) is 4.66. The lowest BCUT2D eigenvalue weighted by molar-refractivity contribution is -0.384. The Morgan fingerprint density at radius 3 is 2.90 bits per heavy atom. The van der Waals surface area contributed by atoms with E-state index in [4.69, 9.17) is 11.6 Å². The number of nitro groups is 1. The van der Waals surface area contributed by atoms with Crippen molar-refractivity contribution in [3.05, 3.63) is 61.4 Å². The van der Waals surface area contributed by atoms with Crippen LogP contribution in [-0.2, 0) is 11.8 Å². The van der Waals surface area contributed by atoms with Gasteiger partial charge in [-0.05, 0) is 17.7 Å². The Morgan fingerprint density at radius 2 is 2.29 bits per heavy atom. The maximum atomic E-state index is 11.7. The number of rotatable bonds is 3. The molecular formula is C13H10ClN3O3S. The van der Waals surface area contributed by atoms with Gasteiger partial charge in [0.15, 0.2) is 4.80 Å². The summed E-state index contributed by atoms with van der Waals surface area (Å²) < 4.78 is 1.73. The third-order valence-corrected chi connectivity index (χ3v) is 3.72. The van der Waals surface area contributed by atoms with Crippen molar-refractivity contribution in [1.82, 2.24) is 4.57 Å². The van der Waals surface area contributed by atoms with Crippen LogP contribution in [0.2, 0.25) is 5.02 Å². The highest BCUT2D eigenvalue weighted by Crippen LogP contribution is 2.25. The second-order valence-electron chi connectivity index (χ2n) is 4.05. The first-order valence-electron chi connectivity index (χ1n) is 5.78.